The minimum absolute atomic E-state index is 0.112. The lowest BCUT2D eigenvalue weighted by atomic mass is 10.1. The van der Waals surface area contributed by atoms with Crippen LogP contribution in [0.5, 0.6) is 23.0 Å². The summed E-state index contributed by atoms with van der Waals surface area (Å²) in [5.74, 6) is 0.790. The number of H-pyrrole nitrogens is 1. The summed E-state index contributed by atoms with van der Waals surface area (Å²) in [6.07, 6.45) is 0. The lowest BCUT2D eigenvalue weighted by molar-refractivity contribution is 0.0522. The van der Waals surface area contributed by atoms with Gasteiger partial charge in [0.1, 0.15) is 5.69 Å². The summed E-state index contributed by atoms with van der Waals surface area (Å²) in [6.45, 7) is 1.89. The second kappa shape index (κ2) is 9.29. The molecule has 9 nitrogen and oxygen atoms in total. The number of hydrogen-bond donors (Lipinski definition) is 2. The fourth-order valence-corrected chi connectivity index (χ4v) is 3.17. The molecule has 0 bridgehead atoms. The van der Waals surface area contributed by atoms with E-state index in [0.717, 1.165) is 0 Å². The van der Waals surface area contributed by atoms with E-state index in [1.54, 1.807) is 37.3 Å². The van der Waals surface area contributed by atoms with Gasteiger partial charge in [-0.1, -0.05) is 0 Å². The van der Waals surface area contributed by atoms with E-state index in [4.69, 9.17) is 23.7 Å². The number of anilines is 1. The Morgan fingerprint density at radius 3 is 2.10 bits per heavy atom. The molecule has 1 heterocycles. The number of nitrogens with one attached hydrogen (secondary N) is 2. The molecule has 3 rings (SSSR count). The molecule has 0 aliphatic rings. The van der Waals surface area contributed by atoms with E-state index in [2.05, 4.69) is 10.3 Å². The zero-order valence-corrected chi connectivity index (χ0v) is 18.0. The number of fused-ring (bicyclic) bond motifs is 1. The summed E-state index contributed by atoms with van der Waals surface area (Å²) >= 11 is 0. The van der Waals surface area contributed by atoms with Gasteiger partial charge in [0, 0.05) is 17.0 Å². The number of esters is 1. The summed E-state index contributed by atoms with van der Waals surface area (Å²) in [4.78, 5) is 28.5. The van der Waals surface area contributed by atoms with Gasteiger partial charge in [0.2, 0.25) is 0 Å². The quantitative estimate of drug-likeness (QED) is 0.528. The molecule has 0 aliphatic heterocycles. The first kappa shape index (κ1) is 21.8. The third-order valence-corrected chi connectivity index (χ3v) is 4.67. The Morgan fingerprint density at radius 2 is 1.48 bits per heavy atom. The molecule has 9 heteroatoms. The number of benzene rings is 2. The van der Waals surface area contributed by atoms with Crippen LogP contribution in [0.15, 0.2) is 30.3 Å². The fourth-order valence-electron chi connectivity index (χ4n) is 3.17. The van der Waals surface area contributed by atoms with Gasteiger partial charge >= 0.3 is 5.97 Å². The van der Waals surface area contributed by atoms with E-state index in [9.17, 15) is 9.59 Å². The largest absolute Gasteiger partial charge is 0.493 e. The molecule has 31 heavy (non-hydrogen) atoms. The highest BCUT2D eigenvalue weighted by atomic mass is 16.5. The average molecular weight is 428 g/mol. The van der Waals surface area contributed by atoms with Crippen molar-refractivity contribution in [2.45, 2.75) is 6.92 Å². The summed E-state index contributed by atoms with van der Waals surface area (Å²) in [5.41, 5.74) is 1.28. The highest BCUT2D eigenvalue weighted by molar-refractivity contribution is 6.15. The van der Waals surface area contributed by atoms with E-state index >= 15 is 0 Å². The topological polar surface area (TPSA) is 108 Å². The first-order valence-electron chi connectivity index (χ1n) is 9.45. The third-order valence-electron chi connectivity index (χ3n) is 4.67. The van der Waals surface area contributed by atoms with Gasteiger partial charge in [-0.05, 0) is 31.2 Å². The molecule has 0 fully saturated rings. The van der Waals surface area contributed by atoms with E-state index in [-0.39, 0.29) is 18.0 Å². The van der Waals surface area contributed by atoms with Gasteiger partial charge in [0.05, 0.1) is 46.3 Å². The molecule has 3 aromatic rings. The number of methoxy groups -OCH3 is 4. The zero-order valence-electron chi connectivity index (χ0n) is 18.0. The Hall–Kier alpha value is -3.88. The number of hydrogen-bond acceptors (Lipinski definition) is 7. The maximum absolute atomic E-state index is 13.0. The van der Waals surface area contributed by atoms with Crippen LogP contribution in [-0.2, 0) is 4.74 Å². The van der Waals surface area contributed by atoms with Crippen LogP contribution in [0, 0.1) is 0 Å². The predicted molar refractivity (Wildman–Crippen MR) is 115 cm³/mol. The summed E-state index contributed by atoms with van der Waals surface area (Å²) in [6, 6.07) is 8.14. The summed E-state index contributed by atoms with van der Waals surface area (Å²) in [7, 11) is 6.01. The Balaban J connectivity index is 2.09. The lowest BCUT2D eigenvalue weighted by Gasteiger charge is -2.11. The van der Waals surface area contributed by atoms with Gasteiger partial charge in [0.25, 0.3) is 5.91 Å². The normalized spacial score (nSPS) is 10.5. The number of carbonyl (C=O) groups is 2. The van der Waals surface area contributed by atoms with Crippen LogP contribution in [-0.4, -0.2) is 51.9 Å². The SMILES string of the molecule is CCOC(=O)c1[nH]c2cc(OC)c(OC)cc2c1NC(=O)c1ccc(OC)c(OC)c1. The fraction of sp³-hybridized carbons (Fsp3) is 0.273. The Bertz CT molecular complexity index is 1120. The van der Waals surface area contributed by atoms with Crippen molar-refractivity contribution in [2.75, 3.05) is 40.4 Å². The van der Waals surface area contributed by atoms with Crippen molar-refractivity contribution in [3.05, 3.63) is 41.6 Å². The van der Waals surface area contributed by atoms with Gasteiger partial charge in [-0.2, -0.15) is 0 Å². The van der Waals surface area contributed by atoms with Crippen LogP contribution in [0.25, 0.3) is 10.9 Å². The molecule has 2 N–H and O–H groups in total. The van der Waals surface area contributed by atoms with Gasteiger partial charge < -0.3 is 34.0 Å². The van der Waals surface area contributed by atoms with Crippen molar-refractivity contribution >= 4 is 28.5 Å². The van der Waals surface area contributed by atoms with Crippen LogP contribution in [0.3, 0.4) is 0 Å². The van der Waals surface area contributed by atoms with Crippen LogP contribution in [0.2, 0.25) is 0 Å². The summed E-state index contributed by atoms with van der Waals surface area (Å²) in [5, 5.41) is 3.37. The predicted octanol–water partition coefficient (Wildman–Crippen LogP) is 3.63. The van der Waals surface area contributed by atoms with Crippen LogP contribution < -0.4 is 24.3 Å². The number of ether oxygens (including phenoxy) is 5. The molecule has 0 atom stereocenters. The molecular formula is C22H24N2O7. The highest BCUT2D eigenvalue weighted by Crippen LogP contribution is 2.38. The smallest absolute Gasteiger partial charge is 0.356 e. The Kier molecular flexibility index (Phi) is 6.54. The lowest BCUT2D eigenvalue weighted by Crippen LogP contribution is -2.15. The second-order valence-corrected chi connectivity index (χ2v) is 6.37. The monoisotopic (exact) mass is 428 g/mol. The molecule has 0 radical (unpaired) electrons. The van der Waals surface area contributed by atoms with Crippen molar-refractivity contribution in [1.82, 2.24) is 4.98 Å². The zero-order chi connectivity index (χ0) is 22.5. The highest BCUT2D eigenvalue weighted by Gasteiger charge is 2.23. The van der Waals surface area contributed by atoms with E-state index in [1.807, 2.05) is 0 Å². The maximum Gasteiger partial charge on any atom is 0.356 e. The van der Waals surface area contributed by atoms with Gasteiger partial charge in [-0.15, -0.1) is 0 Å². The molecular weight excluding hydrogens is 404 g/mol. The molecule has 1 amide bonds. The minimum Gasteiger partial charge on any atom is -0.493 e. The molecule has 2 aromatic carbocycles. The molecule has 164 valence electrons. The summed E-state index contributed by atoms with van der Waals surface area (Å²) < 4.78 is 26.3. The standard InChI is InChI=1S/C22H24N2O7/c1-6-31-22(26)20-19(13-10-17(29-4)18(30-5)11-14(13)23-20)24-21(25)12-7-8-15(27-2)16(9-12)28-3/h7-11,23H,6H2,1-5H3,(H,24,25). The molecule has 0 spiro atoms. The van der Waals surface area contributed by atoms with Crippen molar-refractivity contribution in [3.8, 4) is 23.0 Å². The first-order chi connectivity index (χ1) is 15.0. The van der Waals surface area contributed by atoms with Gasteiger partial charge in [-0.25, -0.2) is 4.79 Å². The molecule has 0 unspecified atom stereocenters. The number of rotatable bonds is 8. The molecule has 0 saturated carbocycles. The number of carbonyl (C=O) groups excluding carboxylic acids is 2. The minimum atomic E-state index is -0.598. The number of aromatic nitrogens is 1. The van der Waals surface area contributed by atoms with Crippen molar-refractivity contribution in [3.63, 3.8) is 0 Å². The molecule has 0 saturated heterocycles. The van der Waals surface area contributed by atoms with Gasteiger partial charge in [0.15, 0.2) is 23.0 Å². The average Bonchev–Trinajstić information content (AvgIpc) is 3.14. The maximum atomic E-state index is 13.0. The first-order valence-corrected chi connectivity index (χ1v) is 9.45. The van der Waals surface area contributed by atoms with Crippen molar-refractivity contribution < 1.29 is 33.3 Å². The van der Waals surface area contributed by atoms with Crippen LogP contribution >= 0.6 is 0 Å². The van der Waals surface area contributed by atoms with Gasteiger partial charge in [-0.3, -0.25) is 4.79 Å². The number of amides is 1. The Morgan fingerprint density at radius 1 is 0.871 bits per heavy atom. The number of aromatic amines is 1. The van der Waals surface area contributed by atoms with Crippen molar-refractivity contribution in [1.29, 1.82) is 0 Å². The van der Waals surface area contributed by atoms with E-state index < -0.39 is 11.9 Å². The van der Waals surface area contributed by atoms with Crippen LogP contribution in [0.1, 0.15) is 27.8 Å². The third kappa shape index (κ3) is 4.20. The van der Waals surface area contributed by atoms with E-state index in [0.29, 0.717) is 39.5 Å². The molecule has 0 aliphatic carbocycles. The molecule has 1 aromatic heterocycles. The second-order valence-electron chi connectivity index (χ2n) is 6.37. The van der Waals surface area contributed by atoms with Crippen LogP contribution in [0.4, 0.5) is 5.69 Å². The van der Waals surface area contributed by atoms with E-state index in [1.165, 1.54) is 28.4 Å². The van der Waals surface area contributed by atoms with Crippen molar-refractivity contribution in [2.24, 2.45) is 0 Å². The Labute approximate surface area is 179 Å².